The molecule has 20 heavy (non-hydrogen) atoms. The predicted molar refractivity (Wildman–Crippen MR) is 84.9 cm³/mol. The third kappa shape index (κ3) is 6.23. The molecular weight excluding hydrogens is 250 g/mol. The summed E-state index contributed by atoms with van der Waals surface area (Å²) in [6, 6.07) is 0.557. The summed E-state index contributed by atoms with van der Waals surface area (Å²) in [6.45, 7) is 10.4. The summed E-state index contributed by atoms with van der Waals surface area (Å²) in [5.41, 5.74) is 0. The Morgan fingerprint density at radius 1 is 1.25 bits per heavy atom. The highest BCUT2D eigenvalue weighted by Gasteiger charge is 2.26. The van der Waals surface area contributed by atoms with Crippen LogP contribution in [0.3, 0.4) is 0 Å². The number of carbonyl (C=O) groups excluding carboxylic acids is 1. The Morgan fingerprint density at radius 3 is 2.75 bits per heavy atom. The number of hydrogen-bond acceptors (Lipinski definition) is 3. The van der Waals surface area contributed by atoms with Gasteiger partial charge in [0.05, 0.1) is 6.04 Å². The topological polar surface area (TPSA) is 44.4 Å². The molecule has 4 heteroatoms. The fourth-order valence-corrected chi connectivity index (χ4v) is 2.77. The zero-order chi connectivity index (χ0) is 14.8. The molecule has 1 saturated heterocycles. The summed E-state index contributed by atoms with van der Waals surface area (Å²) >= 11 is 0. The predicted octanol–water partition coefficient (Wildman–Crippen LogP) is 2.15. The van der Waals surface area contributed by atoms with Gasteiger partial charge in [-0.25, -0.2) is 0 Å². The van der Waals surface area contributed by atoms with Crippen LogP contribution in [-0.2, 0) is 4.79 Å². The molecule has 0 aliphatic carbocycles. The zero-order valence-electron chi connectivity index (χ0n) is 13.6. The van der Waals surface area contributed by atoms with Crippen molar-refractivity contribution in [3.05, 3.63) is 0 Å². The van der Waals surface area contributed by atoms with Gasteiger partial charge in [0.15, 0.2) is 0 Å². The number of rotatable bonds is 9. The molecule has 1 aliphatic heterocycles. The standard InChI is InChI=1S/C16H33N3O/c1-4-6-7-11-18-16(20)14(3)19-12-8-9-15(13-19)17-10-5-2/h14-15,17H,4-13H2,1-3H3,(H,18,20). The van der Waals surface area contributed by atoms with E-state index in [4.69, 9.17) is 0 Å². The van der Waals surface area contributed by atoms with Crippen LogP contribution in [0, 0.1) is 0 Å². The van der Waals surface area contributed by atoms with Crippen molar-refractivity contribution in [2.24, 2.45) is 0 Å². The van der Waals surface area contributed by atoms with Crippen LogP contribution in [0.4, 0.5) is 0 Å². The minimum Gasteiger partial charge on any atom is -0.355 e. The Bertz CT molecular complexity index is 270. The number of nitrogens with one attached hydrogen (secondary N) is 2. The smallest absolute Gasteiger partial charge is 0.237 e. The van der Waals surface area contributed by atoms with E-state index in [0.717, 1.165) is 32.6 Å². The largest absolute Gasteiger partial charge is 0.355 e. The molecule has 0 aromatic heterocycles. The van der Waals surface area contributed by atoms with Gasteiger partial charge in [-0.3, -0.25) is 9.69 Å². The van der Waals surface area contributed by atoms with Crippen LogP contribution in [0.1, 0.15) is 59.3 Å². The number of nitrogens with zero attached hydrogens (tertiary/aromatic N) is 1. The molecule has 118 valence electrons. The fraction of sp³-hybridized carbons (Fsp3) is 0.938. The van der Waals surface area contributed by atoms with E-state index in [2.05, 4.69) is 29.4 Å². The van der Waals surface area contributed by atoms with Gasteiger partial charge < -0.3 is 10.6 Å². The highest BCUT2D eigenvalue weighted by molar-refractivity contribution is 5.81. The Hall–Kier alpha value is -0.610. The Balaban J connectivity index is 2.29. The lowest BCUT2D eigenvalue weighted by molar-refractivity contribution is -0.126. The summed E-state index contributed by atoms with van der Waals surface area (Å²) < 4.78 is 0. The lowest BCUT2D eigenvalue weighted by Crippen LogP contribution is -2.53. The van der Waals surface area contributed by atoms with Crippen LogP contribution in [0.15, 0.2) is 0 Å². The van der Waals surface area contributed by atoms with Crippen molar-refractivity contribution in [3.8, 4) is 0 Å². The van der Waals surface area contributed by atoms with E-state index in [9.17, 15) is 4.79 Å². The van der Waals surface area contributed by atoms with Crippen LogP contribution in [-0.4, -0.2) is 49.1 Å². The molecule has 0 spiro atoms. The van der Waals surface area contributed by atoms with Gasteiger partial charge in [0.25, 0.3) is 0 Å². The highest BCUT2D eigenvalue weighted by Crippen LogP contribution is 2.13. The first kappa shape index (κ1) is 17.4. The van der Waals surface area contributed by atoms with Gasteiger partial charge in [-0.2, -0.15) is 0 Å². The van der Waals surface area contributed by atoms with Crippen molar-refractivity contribution < 1.29 is 4.79 Å². The monoisotopic (exact) mass is 283 g/mol. The average molecular weight is 283 g/mol. The van der Waals surface area contributed by atoms with Gasteiger partial charge in [0.1, 0.15) is 0 Å². The second kappa shape index (κ2) is 10.2. The van der Waals surface area contributed by atoms with Crippen LogP contribution >= 0.6 is 0 Å². The fourth-order valence-electron chi connectivity index (χ4n) is 2.77. The van der Waals surface area contributed by atoms with Gasteiger partial charge in [0.2, 0.25) is 5.91 Å². The second-order valence-electron chi connectivity index (χ2n) is 5.96. The van der Waals surface area contributed by atoms with Crippen molar-refractivity contribution in [3.63, 3.8) is 0 Å². The number of unbranched alkanes of at least 4 members (excludes halogenated alkanes) is 2. The van der Waals surface area contributed by atoms with Crippen molar-refractivity contribution in [2.45, 2.75) is 71.4 Å². The number of carbonyl (C=O) groups is 1. The maximum absolute atomic E-state index is 12.2. The van der Waals surface area contributed by atoms with Gasteiger partial charge in [0, 0.05) is 19.1 Å². The van der Waals surface area contributed by atoms with E-state index < -0.39 is 0 Å². The molecule has 0 radical (unpaired) electrons. The summed E-state index contributed by atoms with van der Waals surface area (Å²) in [4.78, 5) is 14.5. The Labute approximate surface area is 124 Å². The number of piperidine rings is 1. The molecule has 0 aromatic rings. The lowest BCUT2D eigenvalue weighted by atomic mass is 10.0. The second-order valence-corrected chi connectivity index (χ2v) is 5.96. The molecule has 2 atom stereocenters. The number of amides is 1. The average Bonchev–Trinajstić information content (AvgIpc) is 2.48. The van der Waals surface area contributed by atoms with Crippen LogP contribution in [0.25, 0.3) is 0 Å². The molecule has 1 fully saturated rings. The molecular formula is C16H33N3O. The van der Waals surface area contributed by atoms with E-state index in [0.29, 0.717) is 6.04 Å². The third-order valence-electron chi connectivity index (χ3n) is 4.14. The lowest BCUT2D eigenvalue weighted by Gasteiger charge is -2.36. The summed E-state index contributed by atoms with van der Waals surface area (Å²) in [6.07, 6.45) is 7.08. The molecule has 2 N–H and O–H groups in total. The normalized spacial score (nSPS) is 21.6. The van der Waals surface area contributed by atoms with Gasteiger partial charge in [-0.05, 0) is 45.7 Å². The Kier molecular flexibility index (Phi) is 8.86. The molecule has 1 aliphatic rings. The van der Waals surface area contributed by atoms with Gasteiger partial charge in [-0.1, -0.05) is 26.7 Å². The van der Waals surface area contributed by atoms with Crippen molar-refractivity contribution in [1.82, 2.24) is 15.5 Å². The minimum atomic E-state index is 0.00264. The maximum Gasteiger partial charge on any atom is 0.237 e. The summed E-state index contributed by atoms with van der Waals surface area (Å²) in [7, 11) is 0. The van der Waals surface area contributed by atoms with Gasteiger partial charge in [-0.15, -0.1) is 0 Å². The molecule has 4 nitrogen and oxygen atoms in total. The molecule has 1 heterocycles. The summed E-state index contributed by atoms with van der Waals surface area (Å²) in [5, 5.41) is 6.65. The molecule has 1 rings (SSSR count). The van der Waals surface area contributed by atoms with E-state index in [1.165, 1.54) is 32.1 Å². The van der Waals surface area contributed by atoms with Crippen molar-refractivity contribution >= 4 is 5.91 Å². The first-order valence-corrected chi connectivity index (χ1v) is 8.44. The maximum atomic E-state index is 12.2. The molecule has 2 unspecified atom stereocenters. The first-order chi connectivity index (χ1) is 9.69. The molecule has 0 bridgehead atoms. The number of hydrogen-bond donors (Lipinski definition) is 2. The molecule has 1 amide bonds. The quantitative estimate of drug-likeness (QED) is 0.637. The third-order valence-corrected chi connectivity index (χ3v) is 4.14. The van der Waals surface area contributed by atoms with Crippen LogP contribution < -0.4 is 10.6 Å². The van der Waals surface area contributed by atoms with Crippen molar-refractivity contribution in [1.29, 1.82) is 0 Å². The first-order valence-electron chi connectivity index (χ1n) is 8.44. The van der Waals surface area contributed by atoms with E-state index in [1.54, 1.807) is 0 Å². The van der Waals surface area contributed by atoms with Crippen molar-refractivity contribution in [2.75, 3.05) is 26.2 Å². The van der Waals surface area contributed by atoms with Crippen LogP contribution in [0.2, 0.25) is 0 Å². The van der Waals surface area contributed by atoms with E-state index in [1.807, 2.05) is 6.92 Å². The SMILES string of the molecule is CCCCCNC(=O)C(C)N1CCCC(NCCC)C1. The number of likely N-dealkylation sites (tertiary alicyclic amines) is 1. The minimum absolute atomic E-state index is 0.00264. The molecule has 0 saturated carbocycles. The zero-order valence-corrected chi connectivity index (χ0v) is 13.6. The summed E-state index contributed by atoms with van der Waals surface area (Å²) in [5.74, 6) is 0.192. The Morgan fingerprint density at radius 2 is 2.05 bits per heavy atom. The van der Waals surface area contributed by atoms with Gasteiger partial charge >= 0.3 is 0 Å². The van der Waals surface area contributed by atoms with E-state index in [-0.39, 0.29) is 11.9 Å². The highest BCUT2D eigenvalue weighted by atomic mass is 16.2. The van der Waals surface area contributed by atoms with E-state index >= 15 is 0 Å². The van der Waals surface area contributed by atoms with Crippen LogP contribution in [0.5, 0.6) is 0 Å². The molecule has 0 aromatic carbocycles.